The number of nitrogens with one attached hydrogen (secondary N) is 1. The van der Waals surface area contributed by atoms with Crippen LogP contribution < -0.4 is 10.1 Å². The Hall–Kier alpha value is -1.23. The smallest absolute Gasteiger partial charge is 0.328 e. The van der Waals surface area contributed by atoms with Gasteiger partial charge in [0.05, 0.1) is 18.2 Å². The first-order chi connectivity index (χ1) is 8.08. The minimum Gasteiger partial charge on any atom is -0.495 e. The standard InChI is InChI=1S/C12H16BrNO3/c1-4-17-12(15)8(2)14-9-5-6-10(13)11(7-9)16-3/h5-8,14H,4H2,1-3H3. The van der Waals surface area contributed by atoms with Crippen LogP contribution in [0.2, 0.25) is 0 Å². The van der Waals surface area contributed by atoms with Gasteiger partial charge in [0.1, 0.15) is 11.8 Å². The Morgan fingerprint density at radius 3 is 2.82 bits per heavy atom. The number of benzene rings is 1. The molecule has 0 saturated carbocycles. The Kier molecular flexibility index (Phi) is 5.28. The molecule has 0 spiro atoms. The van der Waals surface area contributed by atoms with Crippen molar-refractivity contribution in [3.8, 4) is 5.75 Å². The number of anilines is 1. The molecule has 1 aromatic rings. The summed E-state index contributed by atoms with van der Waals surface area (Å²) in [5, 5.41) is 3.05. The Morgan fingerprint density at radius 1 is 1.53 bits per heavy atom. The summed E-state index contributed by atoms with van der Waals surface area (Å²) in [6, 6.07) is 5.15. The average Bonchev–Trinajstić information content (AvgIpc) is 2.31. The SMILES string of the molecule is CCOC(=O)C(C)Nc1ccc(Br)c(OC)c1. The van der Waals surface area contributed by atoms with E-state index in [1.807, 2.05) is 18.2 Å². The molecule has 0 aliphatic rings. The first-order valence-corrected chi connectivity index (χ1v) is 6.14. The highest BCUT2D eigenvalue weighted by Gasteiger charge is 2.13. The van der Waals surface area contributed by atoms with E-state index < -0.39 is 0 Å². The van der Waals surface area contributed by atoms with E-state index in [1.54, 1.807) is 21.0 Å². The predicted molar refractivity (Wildman–Crippen MR) is 70.4 cm³/mol. The third-order valence-electron chi connectivity index (χ3n) is 2.17. The molecule has 17 heavy (non-hydrogen) atoms. The van der Waals surface area contributed by atoms with Gasteiger partial charge >= 0.3 is 5.97 Å². The van der Waals surface area contributed by atoms with E-state index in [2.05, 4.69) is 21.2 Å². The first kappa shape index (κ1) is 13.8. The molecule has 94 valence electrons. The van der Waals surface area contributed by atoms with Gasteiger partial charge in [0.15, 0.2) is 0 Å². The summed E-state index contributed by atoms with van der Waals surface area (Å²) in [5.41, 5.74) is 0.811. The minimum atomic E-state index is -0.388. The lowest BCUT2D eigenvalue weighted by molar-refractivity contribution is -0.143. The molecular formula is C12H16BrNO3. The van der Waals surface area contributed by atoms with Crippen molar-refractivity contribution in [3.05, 3.63) is 22.7 Å². The molecule has 0 fully saturated rings. The van der Waals surface area contributed by atoms with E-state index in [1.165, 1.54) is 0 Å². The van der Waals surface area contributed by atoms with Crippen LogP contribution in [-0.2, 0) is 9.53 Å². The second-order valence-corrected chi connectivity index (χ2v) is 4.32. The van der Waals surface area contributed by atoms with Gasteiger partial charge in [-0.05, 0) is 41.9 Å². The van der Waals surface area contributed by atoms with Crippen LogP contribution in [0.3, 0.4) is 0 Å². The lowest BCUT2D eigenvalue weighted by Crippen LogP contribution is -2.28. The van der Waals surface area contributed by atoms with Crippen LogP contribution >= 0.6 is 15.9 Å². The van der Waals surface area contributed by atoms with Crippen molar-refractivity contribution in [2.75, 3.05) is 19.0 Å². The van der Waals surface area contributed by atoms with Crippen molar-refractivity contribution in [3.63, 3.8) is 0 Å². The van der Waals surface area contributed by atoms with Crippen LogP contribution in [0.4, 0.5) is 5.69 Å². The average molecular weight is 302 g/mol. The maximum absolute atomic E-state index is 11.4. The lowest BCUT2D eigenvalue weighted by atomic mass is 10.2. The molecule has 0 aromatic heterocycles. The molecule has 1 rings (SSSR count). The topological polar surface area (TPSA) is 47.6 Å². The number of carbonyl (C=O) groups is 1. The van der Waals surface area contributed by atoms with E-state index in [-0.39, 0.29) is 12.0 Å². The molecule has 4 nitrogen and oxygen atoms in total. The number of methoxy groups -OCH3 is 1. The van der Waals surface area contributed by atoms with Gasteiger partial charge in [-0.25, -0.2) is 4.79 Å². The second-order valence-electron chi connectivity index (χ2n) is 3.47. The highest BCUT2D eigenvalue weighted by atomic mass is 79.9. The number of carbonyl (C=O) groups excluding carboxylic acids is 1. The summed E-state index contributed by atoms with van der Waals surface area (Å²) in [7, 11) is 1.60. The number of hydrogen-bond acceptors (Lipinski definition) is 4. The van der Waals surface area contributed by atoms with Gasteiger partial charge in [-0.3, -0.25) is 0 Å². The molecule has 0 aliphatic heterocycles. The van der Waals surface area contributed by atoms with Crippen LogP contribution in [0.5, 0.6) is 5.75 Å². The Bertz CT molecular complexity index is 395. The van der Waals surface area contributed by atoms with E-state index in [4.69, 9.17) is 9.47 Å². The number of rotatable bonds is 5. The Morgan fingerprint density at radius 2 is 2.24 bits per heavy atom. The quantitative estimate of drug-likeness (QED) is 0.850. The van der Waals surface area contributed by atoms with Crippen molar-refractivity contribution >= 4 is 27.6 Å². The highest BCUT2D eigenvalue weighted by molar-refractivity contribution is 9.10. The predicted octanol–water partition coefficient (Wildman–Crippen LogP) is 2.82. The minimum absolute atomic E-state index is 0.269. The van der Waals surface area contributed by atoms with E-state index in [9.17, 15) is 4.79 Å². The zero-order valence-corrected chi connectivity index (χ0v) is 11.7. The zero-order chi connectivity index (χ0) is 12.8. The maximum atomic E-state index is 11.4. The molecule has 1 unspecified atom stereocenters. The maximum Gasteiger partial charge on any atom is 0.328 e. The third kappa shape index (κ3) is 3.93. The summed E-state index contributed by atoms with van der Waals surface area (Å²) < 4.78 is 11.0. The van der Waals surface area contributed by atoms with Crippen LogP contribution in [0.1, 0.15) is 13.8 Å². The molecule has 1 atom stereocenters. The van der Waals surface area contributed by atoms with Gasteiger partial charge < -0.3 is 14.8 Å². The van der Waals surface area contributed by atoms with Crippen molar-refractivity contribution in [1.29, 1.82) is 0 Å². The fourth-order valence-electron chi connectivity index (χ4n) is 1.33. The van der Waals surface area contributed by atoms with Gasteiger partial charge in [0.25, 0.3) is 0 Å². The largest absolute Gasteiger partial charge is 0.495 e. The molecular weight excluding hydrogens is 286 g/mol. The fourth-order valence-corrected chi connectivity index (χ4v) is 1.73. The molecule has 0 aliphatic carbocycles. The van der Waals surface area contributed by atoms with Gasteiger partial charge in [-0.1, -0.05) is 0 Å². The fraction of sp³-hybridized carbons (Fsp3) is 0.417. The molecule has 0 heterocycles. The highest BCUT2D eigenvalue weighted by Crippen LogP contribution is 2.28. The monoisotopic (exact) mass is 301 g/mol. The number of halogens is 1. The molecule has 0 radical (unpaired) electrons. The van der Waals surface area contributed by atoms with Crippen LogP contribution in [0.15, 0.2) is 22.7 Å². The van der Waals surface area contributed by atoms with E-state index >= 15 is 0 Å². The molecule has 5 heteroatoms. The normalized spacial score (nSPS) is 11.8. The van der Waals surface area contributed by atoms with Gasteiger partial charge in [0.2, 0.25) is 0 Å². The molecule has 1 aromatic carbocycles. The van der Waals surface area contributed by atoms with Gasteiger partial charge in [-0.15, -0.1) is 0 Å². The number of esters is 1. The van der Waals surface area contributed by atoms with Crippen LogP contribution in [-0.4, -0.2) is 25.7 Å². The zero-order valence-electron chi connectivity index (χ0n) is 10.1. The Labute approximate surface area is 109 Å². The summed E-state index contributed by atoms with van der Waals surface area (Å²) in [4.78, 5) is 11.4. The van der Waals surface area contributed by atoms with Crippen molar-refractivity contribution in [2.24, 2.45) is 0 Å². The number of hydrogen-bond donors (Lipinski definition) is 1. The Balaban J connectivity index is 2.71. The van der Waals surface area contributed by atoms with Crippen molar-refractivity contribution < 1.29 is 14.3 Å². The third-order valence-corrected chi connectivity index (χ3v) is 2.83. The van der Waals surface area contributed by atoms with E-state index in [0.29, 0.717) is 12.4 Å². The van der Waals surface area contributed by atoms with E-state index in [0.717, 1.165) is 10.2 Å². The lowest BCUT2D eigenvalue weighted by Gasteiger charge is -2.14. The summed E-state index contributed by atoms with van der Waals surface area (Å²) in [6.07, 6.45) is 0. The van der Waals surface area contributed by atoms with Gasteiger partial charge in [-0.2, -0.15) is 0 Å². The second kappa shape index (κ2) is 6.49. The molecule has 0 saturated heterocycles. The summed E-state index contributed by atoms with van der Waals surface area (Å²) >= 11 is 3.37. The molecule has 1 N–H and O–H groups in total. The van der Waals surface area contributed by atoms with Crippen LogP contribution in [0, 0.1) is 0 Å². The van der Waals surface area contributed by atoms with Gasteiger partial charge in [0, 0.05) is 11.8 Å². The number of ether oxygens (including phenoxy) is 2. The van der Waals surface area contributed by atoms with Crippen LogP contribution in [0.25, 0.3) is 0 Å². The first-order valence-electron chi connectivity index (χ1n) is 5.35. The summed E-state index contributed by atoms with van der Waals surface area (Å²) in [5.74, 6) is 0.445. The summed E-state index contributed by atoms with van der Waals surface area (Å²) in [6.45, 7) is 3.92. The molecule has 0 bridgehead atoms. The van der Waals surface area contributed by atoms with Crippen molar-refractivity contribution in [1.82, 2.24) is 0 Å². The molecule has 0 amide bonds. The van der Waals surface area contributed by atoms with Crippen molar-refractivity contribution in [2.45, 2.75) is 19.9 Å².